The summed E-state index contributed by atoms with van der Waals surface area (Å²) in [4.78, 5) is 14.4. The Hall–Kier alpha value is -1.89. The topological polar surface area (TPSA) is 87.0 Å². The van der Waals surface area contributed by atoms with Gasteiger partial charge in [-0.15, -0.1) is 0 Å². The smallest absolute Gasteiger partial charge is 0.275 e. The third-order valence-electron chi connectivity index (χ3n) is 2.33. The van der Waals surface area contributed by atoms with Crippen molar-refractivity contribution in [3.05, 3.63) is 50.7 Å². The van der Waals surface area contributed by atoms with E-state index < -0.39 is 4.92 Å². The lowest BCUT2D eigenvalue weighted by atomic mass is 10.2. The zero-order valence-electron chi connectivity index (χ0n) is 8.71. The molecule has 2 rings (SSSR count). The van der Waals surface area contributed by atoms with Crippen molar-refractivity contribution in [1.29, 1.82) is 0 Å². The number of hydrogen-bond acceptors (Lipinski definition) is 4. The molecule has 88 valence electrons. The van der Waals surface area contributed by atoms with Crippen molar-refractivity contribution in [2.24, 2.45) is 0 Å². The fourth-order valence-electron chi connectivity index (χ4n) is 1.50. The number of imidazole rings is 1. The zero-order valence-corrected chi connectivity index (χ0v) is 10.3. The first-order valence-corrected chi connectivity index (χ1v) is 5.56. The van der Waals surface area contributed by atoms with Gasteiger partial charge in [-0.25, -0.2) is 4.98 Å². The molecule has 6 nitrogen and oxygen atoms in total. The lowest BCUT2D eigenvalue weighted by Gasteiger charge is -2.06. The zero-order chi connectivity index (χ0) is 12.4. The number of nitrogens with zero attached hydrogens (tertiary/aromatic N) is 3. The van der Waals surface area contributed by atoms with Gasteiger partial charge in [0.25, 0.3) is 5.69 Å². The molecule has 0 aliphatic heterocycles. The first-order valence-electron chi connectivity index (χ1n) is 4.77. The molecule has 0 bridgehead atoms. The van der Waals surface area contributed by atoms with E-state index in [2.05, 4.69) is 20.9 Å². The lowest BCUT2D eigenvalue weighted by molar-refractivity contribution is -0.385. The highest BCUT2D eigenvalue weighted by Crippen LogP contribution is 2.24. The van der Waals surface area contributed by atoms with E-state index in [1.54, 1.807) is 29.1 Å². The van der Waals surface area contributed by atoms with Crippen LogP contribution in [0.2, 0.25) is 0 Å². The maximum Gasteiger partial charge on any atom is 0.275 e. The van der Waals surface area contributed by atoms with Crippen LogP contribution in [-0.4, -0.2) is 14.5 Å². The monoisotopic (exact) mass is 296 g/mol. The van der Waals surface area contributed by atoms with Crippen molar-refractivity contribution >= 4 is 27.6 Å². The molecule has 2 aromatic rings. The van der Waals surface area contributed by atoms with Gasteiger partial charge >= 0.3 is 0 Å². The van der Waals surface area contributed by atoms with E-state index in [0.29, 0.717) is 22.5 Å². The van der Waals surface area contributed by atoms with Gasteiger partial charge in [-0.2, -0.15) is 0 Å². The number of nitrogen functional groups attached to an aromatic ring is 1. The second-order valence-electron chi connectivity index (χ2n) is 3.44. The SMILES string of the molecule is Nc1nccn1Cc1ccc(Br)cc1[N+](=O)[O-]. The van der Waals surface area contributed by atoms with Crippen molar-refractivity contribution in [3.63, 3.8) is 0 Å². The molecule has 0 aliphatic rings. The quantitative estimate of drug-likeness (QED) is 0.695. The first-order chi connectivity index (χ1) is 8.08. The van der Waals surface area contributed by atoms with Gasteiger partial charge < -0.3 is 10.3 Å². The van der Waals surface area contributed by atoms with Crippen LogP contribution >= 0.6 is 15.9 Å². The molecule has 0 saturated carbocycles. The average Bonchev–Trinajstić information content (AvgIpc) is 2.67. The Morgan fingerprint density at radius 1 is 1.53 bits per heavy atom. The highest BCUT2D eigenvalue weighted by molar-refractivity contribution is 9.10. The standard InChI is InChI=1S/C10H9BrN4O2/c11-8-2-1-7(9(5-8)15(16)17)6-14-4-3-13-10(14)12/h1-5H,6H2,(H2,12,13). The third kappa shape index (κ3) is 2.44. The molecule has 0 spiro atoms. The minimum Gasteiger partial charge on any atom is -0.369 e. The number of rotatable bonds is 3. The van der Waals surface area contributed by atoms with Crippen molar-refractivity contribution in [1.82, 2.24) is 9.55 Å². The predicted octanol–water partition coefficient (Wildman–Crippen LogP) is 2.18. The average molecular weight is 297 g/mol. The maximum atomic E-state index is 10.9. The van der Waals surface area contributed by atoms with Crippen LogP contribution in [0.15, 0.2) is 35.1 Å². The Bertz CT molecular complexity index is 567. The van der Waals surface area contributed by atoms with Crippen LogP contribution in [0.3, 0.4) is 0 Å². The van der Waals surface area contributed by atoms with Crippen LogP contribution in [0.4, 0.5) is 11.6 Å². The number of aromatic nitrogens is 2. The van der Waals surface area contributed by atoms with Gasteiger partial charge in [0, 0.05) is 28.5 Å². The summed E-state index contributed by atoms with van der Waals surface area (Å²) in [6.07, 6.45) is 3.24. The van der Waals surface area contributed by atoms with Crippen LogP contribution in [-0.2, 0) is 6.54 Å². The first kappa shape index (κ1) is 11.6. The molecule has 0 saturated heterocycles. The summed E-state index contributed by atoms with van der Waals surface area (Å²) in [5.41, 5.74) is 6.27. The molecular formula is C10H9BrN4O2. The Labute approximate surface area is 105 Å². The Kier molecular flexibility index (Phi) is 3.10. The van der Waals surface area contributed by atoms with Crippen LogP contribution in [0.25, 0.3) is 0 Å². The van der Waals surface area contributed by atoms with Gasteiger partial charge in [0.15, 0.2) is 5.95 Å². The summed E-state index contributed by atoms with van der Waals surface area (Å²) in [5.74, 6) is 0.335. The van der Waals surface area contributed by atoms with Gasteiger partial charge in [-0.1, -0.05) is 15.9 Å². The van der Waals surface area contributed by atoms with Crippen LogP contribution in [0, 0.1) is 10.1 Å². The molecule has 0 radical (unpaired) electrons. The van der Waals surface area contributed by atoms with Gasteiger partial charge in [0.1, 0.15) is 0 Å². The fourth-order valence-corrected chi connectivity index (χ4v) is 1.85. The summed E-state index contributed by atoms with van der Waals surface area (Å²) >= 11 is 3.21. The predicted molar refractivity (Wildman–Crippen MR) is 66.5 cm³/mol. The molecule has 0 aliphatic carbocycles. The van der Waals surface area contributed by atoms with E-state index in [4.69, 9.17) is 5.73 Å². The summed E-state index contributed by atoms with van der Waals surface area (Å²) < 4.78 is 2.32. The van der Waals surface area contributed by atoms with Crippen LogP contribution in [0.1, 0.15) is 5.56 Å². The molecule has 0 fully saturated rings. The Morgan fingerprint density at radius 3 is 2.88 bits per heavy atom. The lowest BCUT2D eigenvalue weighted by Crippen LogP contribution is -2.05. The summed E-state index contributed by atoms with van der Waals surface area (Å²) in [5, 5.41) is 10.9. The number of anilines is 1. The second kappa shape index (κ2) is 4.54. The molecule has 0 atom stereocenters. The Balaban J connectivity index is 2.39. The van der Waals surface area contributed by atoms with E-state index in [1.165, 1.54) is 6.07 Å². The molecule has 2 N–H and O–H groups in total. The number of hydrogen-bond donors (Lipinski definition) is 1. The maximum absolute atomic E-state index is 10.9. The molecule has 17 heavy (non-hydrogen) atoms. The van der Waals surface area contributed by atoms with Crippen LogP contribution < -0.4 is 5.73 Å². The second-order valence-corrected chi connectivity index (χ2v) is 4.36. The molecule has 1 aromatic carbocycles. The highest BCUT2D eigenvalue weighted by atomic mass is 79.9. The highest BCUT2D eigenvalue weighted by Gasteiger charge is 2.14. The molecule has 1 heterocycles. The number of nitrogens with two attached hydrogens (primary N) is 1. The summed E-state index contributed by atoms with van der Waals surface area (Å²) in [7, 11) is 0. The molecule has 7 heteroatoms. The van der Waals surface area contributed by atoms with Crippen molar-refractivity contribution in [2.75, 3.05) is 5.73 Å². The van der Waals surface area contributed by atoms with Gasteiger partial charge in [0.05, 0.1) is 11.5 Å². The minimum atomic E-state index is -0.410. The minimum absolute atomic E-state index is 0.0625. The van der Waals surface area contributed by atoms with Crippen LogP contribution in [0.5, 0.6) is 0 Å². The van der Waals surface area contributed by atoms with E-state index in [9.17, 15) is 10.1 Å². The van der Waals surface area contributed by atoms with E-state index in [-0.39, 0.29) is 5.69 Å². The van der Waals surface area contributed by atoms with Gasteiger partial charge in [-0.3, -0.25) is 10.1 Å². The van der Waals surface area contributed by atoms with Crippen molar-refractivity contribution in [3.8, 4) is 0 Å². The summed E-state index contributed by atoms with van der Waals surface area (Å²) in [6, 6.07) is 4.93. The summed E-state index contributed by atoms with van der Waals surface area (Å²) in [6.45, 7) is 0.329. The van der Waals surface area contributed by atoms with Gasteiger partial charge in [-0.05, 0) is 12.1 Å². The number of halogens is 1. The molecular weight excluding hydrogens is 288 g/mol. The van der Waals surface area contributed by atoms with Crippen molar-refractivity contribution < 1.29 is 4.92 Å². The third-order valence-corrected chi connectivity index (χ3v) is 2.83. The normalized spacial score (nSPS) is 10.4. The fraction of sp³-hybridized carbons (Fsp3) is 0.100. The van der Waals surface area contributed by atoms with Gasteiger partial charge in [0.2, 0.25) is 0 Å². The number of benzene rings is 1. The molecule has 1 aromatic heterocycles. The van der Waals surface area contributed by atoms with E-state index in [1.807, 2.05) is 0 Å². The largest absolute Gasteiger partial charge is 0.369 e. The van der Waals surface area contributed by atoms with E-state index >= 15 is 0 Å². The molecule has 0 unspecified atom stereocenters. The number of nitro groups is 1. The Morgan fingerprint density at radius 2 is 2.29 bits per heavy atom. The van der Waals surface area contributed by atoms with E-state index in [0.717, 1.165) is 0 Å². The van der Waals surface area contributed by atoms with Crippen molar-refractivity contribution in [2.45, 2.75) is 6.54 Å². The number of nitro benzene ring substituents is 1. The molecule has 0 amide bonds.